The van der Waals surface area contributed by atoms with Crippen molar-refractivity contribution in [2.75, 3.05) is 5.73 Å². The van der Waals surface area contributed by atoms with Crippen LogP contribution in [0.4, 0.5) is 5.00 Å². The molecule has 1 unspecified atom stereocenters. The number of amides is 2. The molecule has 2 amide bonds. The molecule has 1 saturated heterocycles. The Morgan fingerprint density at radius 3 is 2.90 bits per heavy atom. The average molecular weight is 292 g/mol. The fraction of sp³-hybridized carbons (Fsp3) is 0.333. The second-order valence-electron chi connectivity index (χ2n) is 4.66. The Labute approximate surface area is 117 Å². The Morgan fingerprint density at radius 2 is 2.20 bits per heavy atom. The van der Waals surface area contributed by atoms with Gasteiger partial charge in [0.1, 0.15) is 16.9 Å². The normalized spacial score (nSPS) is 19.4. The number of hydrogen-bond acceptors (Lipinski definition) is 6. The highest BCUT2D eigenvalue weighted by Gasteiger charge is 2.30. The van der Waals surface area contributed by atoms with Crippen molar-refractivity contribution in [3.05, 3.63) is 21.6 Å². The number of anilines is 1. The van der Waals surface area contributed by atoms with Crippen LogP contribution < -0.4 is 16.6 Å². The first kappa shape index (κ1) is 12.8. The molecule has 3 heterocycles. The molecule has 1 atom stereocenters. The molecular weight excluding hydrogens is 280 g/mol. The van der Waals surface area contributed by atoms with Crippen molar-refractivity contribution in [2.24, 2.45) is 0 Å². The van der Waals surface area contributed by atoms with Gasteiger partial charge in [0.15, 0.2) is 0 Å². The van der Waals surface area contributed by atoms with Gasteiger partial charge in [-0.05, 0) is 13.3 Å². The summed E-state index contributed by atoms with van der Waals surface area (Å²) in [7, 11) is 0. The molecule has 2 aromatic rings. The molecule has 3 rings (SSSR count). The van der Waals surface area contributed by atoms with Crippen molar-refractivity contribution >= 4 is 39.1 Å². The number of carbonyl (C=O) groups is 2. The van der Waals surface area contributed by atoms with Crippen LogP contribution in [0.1, 0.15) is 24.7 Å². The van der Waals surface area contributed by atoms with Crippen molar-refractivity contribution < 1.29 is 9.59 Å². The lowest BCUT2D eigenvalue weighted by Gasteiger charge is -2.24. The van der Waals surface area contributed by atoms with Gasteiger partial charge in [0.2, 0.25) is 11.8 Å². The predicted molar refractivity (Wildman–Crippen MR) is 74.5 cm³/mol. The van der Waals surface area contributed by atoms with E-state index in [1.54, 1.807) is 12.3 Å². The molecule has 1 aliphatic rings. The Bertz CT molecular complexity index is 792. The predicted octanol–water partition coefficient (Wildman–Crippen LogP) is 0.326. The van der Waals surface area contributed by atoms with E-state index in [0.717, 1.165) is 0 Å². The van der Waals surface area contributed by atoms with E-state index >= 15 is 0 Å². The van der Waals surface area contributed by atoms with Crippen LogP contribution >= 0.6 is 11.3 Å². The average Bonchev–Trinajstić information content (AvgIpc) is 2.73. The number of rotatable bonds is 1. The Hall–Kier alpha value is -2.22. The summed E-state index contributed by atoms with van der Waals surface area (Å²) >= 11 is 1.24. The number of aryl methyl sites for hydroxylation is 1. The van der Waals surface area contributed by atoms with E-state index in [9.17, 15) is 14.4 Å². The van der Waals surface area contributed by atoms with Crippen LogP contribution in [0, 0.1) is 6.92 Å². The molecule has 0 bridgehead atoms. The molecule has 1 aliphatic heterocycles. The van der Waals surface area contributed by atoms with Gasteiger partial charge < -0.3 is 5.73 Å². The lowest BCUT2D eigenvalue weighted by Crippen LogP contribution is -2.45. The van der Waals surface area contributed by atoms with E-state index in [2.05, 4.69) is 10.3 Å². The van der Waals surface area contributed by atoms with Crippen molar-refractivity contribution in [1.82, 2.24) is 14.9 Å². The number of piperidine rings is 1. The minimum absolute atomic E-state index is 0.208. The number of hydrogen-bond donors (Lipinski definition) is 2. The summed E-state index contributed by atoms with van der Waals surface area (Å²) in [6.45, 7) is 1.67. The highest BCUT2D eigenvalue weighted by molar-refractivity contribution is 7.15. The quantitative estimate of drug-likeness (QED) is 0.736. The molecule has 8 heteroatoms. The molecule has 104 valence electrons. The summed E-state index contributed by atoms with van der Waals surface area (Å²) in [5.74, 6) is -0.350. The van der Waals surface area contributed by atoms with Crippen molar-refractivity contribution in [1.29, 1.82) is 0 Å². The molecule has 0 aromatic carbocycles. The minimum atomic E-state index is -0.712. The second-order valence-corrected chi connectivity index (χ2v) is 5.57. The monoisotopic (exact) mass is 292 g/mol. The number of nitrogens with zero attached hydrogens (tertiary/aromatic N) is 2. The zero-order chi connectivity index (χ0) is 14.4. The molecule has 0 spiro atoms. The number of thiophene rings is 1. The number of nitrogens with two attached hydrogens (primary N) is 1. The fourth-order valence-corrected chi connectivity index (χ4v) is 3.17. The topological polar surface area (TPSA) is 107 Å². The maximum Gasteiger partial charge on any atom is 0.265 e. The van der Waals surface area contributed by atoms with Gasteiger partial charge >= 0.3 is 0 Å². The van der Waals surface area contributed by atoms with Gasteiger partial charge in [-0.2, -0.15) is 0 Å². The van der Waals surface area contributed by atoms with Crippen LogP contribution in [-0.4, -0.2) is 21.4 Å². The third-order valence-corrected chi connectivity index (χ3v) is 4.18. The van der Waals surface area contributed by atoms with E-state index in [1.807, 2.05) is 0 Å². The third kappa shape index (κ3) is 1.80. The van der Waals surface area contributed by atoms with E-state index in [4.69, 9.17) is 5.73 Å². The van der Waals surface area contributed by atoms with E-state index in [-0.39, 0.29) is 17.9 Å². The van der Waals surface area contributed by atoms with Gasteiger partial charge in [0, 0.05) is 11.8 Å². The number of nitrogens with one attached hydrogen (secondary N) is 1. The highest BCUT2D eigenvalue weighted by Crippen LogP contribution is 2.26. The first-order chi connectivity index (χ1) is 9.49. The van der Waals surface area contributed by atoms with Crippen LogP contribution in [0.15, 0.2) is 10.2 Å². The summed E-state index contributed by atoms with van der Waals surface area (Å²) in [6, 6.07) is -0.712. The van der Waals surface area contributed by atoms with E-state index in [0.29, 0.717) is 28.1 Å². The maximum absolute atomic E-state index is 12.5. The van der Waals surface area contributed by atoms with Gasteiger partial charge in [-0.15, -0.1) is 11.3 Å². The summed E-state index contributed by atoms with van der Waals surface area (Å²) in [6.07, 6.45) is 0.502. The lowest BCUT2D eigenvalue weighted by atomic mass is 10.1. The summed E-state index contributed by atoms with van der Waals surface area (Å²) in [5, 5.41) is 4.69. The van der Waals surface area contributed by atoms with Crippen LogP contribution in [0.2, 0.25) is 0 Å². The maximum atomic E-state index is 12.5. The Morgan fingerprint density at radius 1 is 1.45 bits per heavy atom. The molecule has 3 N–H and O–H groups in total. The van der Waals surface area contributed by atoms with Gasteiger partial charge in [-0.1, -0.05) is 0 Å². The van der Waals surface area contributed by atoms with Gasteiger partial charge in [-0.3, -0.25) is 24.3 Å². The first-order valence-electron chi connectivity index (χ1n) is 6.08. The largest absolute Gasteiger partial charge is 0.390 e. The van der Waals surface area contributed by atoms with E-state index in [1.165, 1.54) is 15.9 Å². The SMILES string of the molecule is Cc1nc2csc(N)c2c(=O)n1C1CCC(=O)NC1=O. The van der Waals surface area contributed by atoms with Gasteiger partial charge in [0.25, 0.3) is 5.56 Å². The van der Waals surface area contributed by atoms with Crippen molar-refractivity contribution in [3.8, 4) is 0 Å². The molecule has 0 saturated carbocycles. The zero-order valence-corrected chi connectivity index (χ0v) is 11.5. The molecule has 2 aromatic heterocycles. The lowest BCUT2D eigenvalue weighted by molar-refractivity contribution is -0.135. The molecule has 7 nitrogen and oxygen atoms in total. The molecule has 1 fully saturated rings. The second kappa shape index (κ2) is 4.41. The molecule has 0 radical (unpaired) electrons. The van der Waals surface area contributed by atoms with E-state index < -0.39 is 11.9 Å². The smallest absolute Gasteiger partial charge is 0.265 e. The van der Waals surface area contributed by atoms with Crippen LogP contribution in [0.25, 0.3) is 10.9 Å². The van der Waals surface area contributed by atoms with Crippen molar-refractivity contribution in [3.63, 3.8) is 0 Å². The van der Waals surface area contributed by atoms with Crippen LogP contribution in [0.5, 0.6) is 0 Å². The Balaban J connectivity index is 2.21. The molecule has 20 heavy (non-hydrogen) atoms. The van der Waals surface area contributed by atoms with Gasteiger partial charge in [-0.25, -0.2) is 4.98 Å². The highest BCUT2D eigenvalue weighted by atomic mass is 32.1. The van der Waals surface area contributed by atoms with Crippen LogP contribution in [-0.2, 0) is 9.59 Å². The van der Waals surface area contributed by atoms with Gasteiger partial charge in [0.05, 0.1) is 10.9 Å². The Kier molecular flexibility index (Phi) is 2.82. The third-order valence-electron chi connectivity index (χ3n) is 3.39. The summed E-state index contributed by atoms with van der Waals surface area (Å²) < 4.78 is 1.33. The zero-order valence-electron chi connectivity index (χ0n) is 10.7. The standard InChI is InChI=1S/C12H12N4O3S/c1-5-14-6-4-20-10(13)9(6)12(19)16(5)7-2-3-8(17)15-11(7)18/h4,7H,2-3,13H2,1H3,(H,15,17,18). The number of carbonyl (C=O) groups excluding carboxylic acids is 2. The molecule has 0 aliphatic carbocycles. The number of nitrogen functional groups attached to an aromatic ring is 1. The van der Waals surface area contributed by atoms with Crippen molar-refractivity contribution in [2.45, 2.75) is 25.8 Å². The number of imide groups is 1. The first-order valence-corrected chi connectivity index (χ1v) is 6.96. The molecular formula is C12H12N4O3S. The van der Waals surface area contributed by atoms with Crippen LogP contribution in [0.3, 0.4) is 0 Å². The summed E-state index contributed by atoms with van der Waals surface area (Å²) in [4.78, 5) is 40.0. The number of fused-ring (bicyclic) bond motifs is 1. The fourth-order valence-electron chi connectivity index (χ4n) is 2.45. The minimum Gasteiger partial charge on any atom is -0.390 e. The number of aromatic nitrogens is 2. The summed E-state index contributed by atoms with van der Waals surface area (Å²) in [5.41, 5.74) is 6.00.